The van der Waals surface area contributed by atoms with Crippen LogP contribution in [0.5, 0.6) is 0 Å². The lowest BCUT2D eigenvalue weighted by atomic mass is 10.0. The summed E-state index contributed by atoms with van der Waals surface area (Å²) < 4.78 is 82.3. The number of para-hydroxylation sites is 1. The van der Waals surface area contributed by atoms with Gasteiger partial charge in [-0.3, -0.25) is 4.79 Å². The number of hydrogen-bond donors (Lipinski definition) is 2. The molecule has 0 fully saturated rings. The van der Waals surface area contributed by atoms with Crippen molar-refractivity contribution < 1.29 is 35.9 Å². The van der Waals surface area contributed by atoms with Crippen LogP contribution in [-0.4, -0.2) is 17.0 Å². The molecule has 160 valence electrons. The third-order valence-corrected chi connectivity index (χ3v) is 4.45. The van der Waals surface area contributed by atoms with Crippen LogP contribution < -0.4 is 5.73 Å². The molecule has 0 aliphatic heterocycles. The van der Waals surface area contributed by atoms with Crippen LogP contribution in [0.2, 0.25) is 0 Å². The molecular weight excluding hydrogens is 414 g/mol. The molecule has 0 spiro atoms. The minimum absolute atomic E-state index is 0.00801. The molecule has 4 nitrogen and oxygen atoms in total. The fourth-order valence-corrected chi connectivity index (χ4v) is 2.98. The van der Waals surface area contributed by atoms with Crippen LogP contribution >= 0.6 is 0 Å². The number of rotatable bonds is 5. The van der Waals surface area contributed by atoms with E-state index in [9.17, 15) is 31.1 Å². The Bertz CT molecular complexity index is 1020. The predicted octanol–water partition coefficient (Wildman–Crippen LogP) is 4.82. The number of fused-ring (bicyclic) bond motifs is 1. The number of alkyl halides is 6. The van der Waals surface area contributed by atoms with E-state index in [1.165, 1.54) is 0 Å². The maximum Gasteiger partial charge on any atom is 0.416 e. The average Bonchev–Trinajstić information content (AvgIpc) is 3.07. The Balaban J connectivity index is 1.71. The molecule has 0 saturated carbocycles. The monoisotopic (exact) mass is 430 g/mol. The largest absolute Gasteiger partial charge is 0.460 e. The van der Waals surface area contributed by atoms with Gasteiger partial charge in [-0.25, -0.2) is 0 Å². The average molecular weight is 430 g/mol. The van der Waals surface area contributed by atoms with Crippen LogP contribution in [0.15, 0.2) is 48.7 Å². The predicted molar refractivity (Wildman–Crippen MR) is 96.2 cm³/mol. The molecule has 3 aromatic rings. The van der Waals surface area contributed by atoms with Crippen molar-refractivity contribution in [1.82, 2.24) is 4.98 Å². The number of esters is 1. The molecule has 0 bridgehead atoms. The lowest BCUT2D eigenvalue weighted by Crippen LogP contribution is -2.34. The zero-order valence-electron chi connectivity index (χ0n) is 15.3. The number of benzene rings is 2. The highest BCUT2D eigenvalue weighted by molar-refractivity contribution is 5.84. The molecule has 2 aromatic carbocycles. The molecule has 0 radical (unpaired) electrons. The molecule has 30 heavy (non-hydrogen) atoms. The maximum atomic E-state index is 12.9. The van der Waals surface area contributed by atoms with E-state index in [-0.39, 0.29) is 12.5 Å². The van der Waals surface area contributed by atoms with Crippen LogP contribution in [-0.2, 0) is 34.9 Å². The van der Waals surface area contributed by atoms with E-state index >= 15 is 0 Å². The molecule has 0 aliphatic rings. The Kier molecular flexibility index (Phi) is 5.80. The van der Waals surface area contributed by atoms with Crippen LogP contribution in [0.25, 0.3) is 10.9 Å². The Morgan fingerprint density at radius 1 is 1.00 bits per heavy atom. The molecule has 3 rings (SSSR count). The molecule has 1 aromatic heterocycles. The number of hydrogen-bond acceptors (Lipinski definition) is 3. The van der Waals surface area contributed by atoms with Gasteiger partial charge < -0.3 is 15.5 Å². The summed E-state index contributed by atoms with van der Waals surface area (Å²) >= 11 is 0. The number of nitrogens with one attached hydrogen (secondary N) is 1. The van der Waals surface area contributed by atoms with E-state index in [4.69, 9.17) is 10.5 Å². The van der Waals surface area contributed by atoms with E-state index in [2.05, 4.69) is 4.98 Å². The fraction of sp³-hybridized carbons (Fsp3) is 0.250. The zero-order valence-corrected chi connectivity index (χ0v) is 15.3. The summed E-state index contributed by atoms with van der Waals surface area (Å²) in [5.41, 5.74) is 3.97. The molecule has 0 aliphatic carbocycles. The van der Waals surface area contributed by atoms with E-state index in [1.54, 1.807) is 12.3 Å². The first-order valence-electron chi connectivity index (χ1n) is 8.70. The first-order chi connectivity index (χ1) is 13.9. The van der Waals surface area contributed by atoms with Gasteiger partial charge in [-0.2, -0.15) is 26.3 Å². The van der Waals surface area contributed by atoms with Gasteiger partial charge in [-0.05, 0) is 35.4 Å². The standard InChI is InChI=1S/C20H16F6N2O2/c21-19(22,23)13-5-11(6-14(8-13)20(24,25)26)10-30-18(29)16(27)7-12-9-28-17-4-2-1-3-15(12)17/h1-6,8-9,16,28H,7,10,27H2. The first kappa shape index (κ1) is 21.7. The second-order valence-corrected chi connectivity index (χ2v) is 6.69. The lowest BCUT2D eigenvalue weighted by Gasteiger charge is -2.15. The normalized spacial score (nSPS) is 13.4. The van der Waals surface area contributed by atoms with Gasteiger partial charge in [0, 0.05) is 23.5 Å². The van der Waals surface area contributed by atoms with Crippen molar-refractivity contribution in [1.29, 1.82) is 0 Å². The highest BCUT2D eigenvalue weighted by Gasteiger charge is 2.37. The Hall–Kier alpha value is -3.01. The van der Waals surface area contributed by atoms with Crippen molar-refractivity contribution in [3.05, 3.63) is 70.9 Å². The van der Waals surface area contributed by atoms with Crippen molar-refractivity contribution in [2.45, 2.75) is 31.4 Å². The topological polar surface area (TPSA) is 68.1 Å². The number of aromatic amines is 1. The highest BCUT2D eigenvalue weighted by Crippen LogP contribution is 2.36. The molecule has 1 heterocycles. The van der Waals surface area contributed by atoms with Crippen molar-refractivity contribution in [2.24, 2.45) is 5.73 Å². The van der Waals surface area contributed by atoms with Gasteiger partial charge in [0.15, 0.2) is 0 Å². The first-order valence-corrected chi connectivity index (χ1v) is 8.70. The summed E-state index contributed by atoms with van der Waals surface area (Å²) in [6, 6.07) is 7.15. The Morgan fingerprint density at radius 2 is 1.60 bits per heavy atom. The number of ether oxygens (including phenoxy) is 1. The van der Waals surface area contributed by atoms with Crippen LogP contribution in [0.1, 0.15) is 22.3 Å². The van der Waals surface area contributed by atoms with Crippen molar-refractivity contribution in [3.63, 3.8) is 0 Å². The summed E-state index contributed by atoms with van der Waals surface area (Å²) in [6.45, 7) is -0.770. The number of halogens is 6. The maximum absolute atomic E-state index is 12.9. The summed E-state index contributed by atoms with van der Waals surface area (Å²) in [7, 11) is 0. The van der Waals surface area contributed by atoms with Gasteiger partial charge in [0.1, 0.15) is 12.6 Å². The minimum Gasteiger partial charge on any atom is -0.460 e. The highest BCUT2D eigenvalue weighted by atomic mass is 19.4. The second kappa shape index (κ2) is 8.02. The van der Waals surface area contributed by atoms with E-state index in [0.717, 1.165) is 16.5 Å². The van der Waals surface area contributed by atoms with Gasteiger partial charge in [-0.15, -0.1) is 0 Å². The third-order valence-electron chi connectivity index (χ3n) is 4.45. The zero-order chi connectivity index (χ0) is 22.1. The third kappa shape index (κ3) is 4.93. The van der Waals surface area contributed by atoms with Gasteiger partial charge in [-0.1, -0.05) is 18.2 Å². The minimum atomic E-state index is -4.98. The van der Waals surface area contributed by atoms with Crippen molar-refractivity contribution in [3.8, 4) is 0 Å². The second-order valence-electron chi connectivity index (χ2n) is 6.69. The Labute approximate surface area is 166 Å². The van der Waals surface area contributed by atoms with Crippen molar-refractivity contribution >= 4 is 16.9 Å². The molecule has 3 N–H and O–H groups in total. The lowest BCUT2D eigenvalue weighted by molar-refractivity contribution is -0.146. The summed E-state index contributed by atoms with van der Waals surface area (Å²) in [4.78, 5) is 15.2. The number of carbonyl (C=O) groups is 1. The van der Waals surface area contributed by atoms with E-state index in [0.29, 0.717) is 12.1 Å². The summed E-state index contributed by atoms with van der Waals surface area (Å²) in [5.74, 6) is -0.939. The molecule has 1 atom stereocenters. The van der Waals surface area contributed by atoms with Crippen LogP contribution in [0.3, 0.4) is 0 Å². The fourth-order valence-electron chi connectivity index (χ4n) is 2.98. The van der Waals surface area contributed by atoms with E-state index < -0.39 is 47.7 Å². The molecule has 1 unspecified atom stereocenters. The van der Waals surface area contributed by atoms with Gasteiger partial charge in [0.2, 0.25) is 0 Å². The SMILES string of the molecule is NC(Cc1c[nH]c2ccccc12)C(=O)OCc1cc(C(F)(F)F)cc(C(F)(F)F)c1. The van der Waals surface area contributed by atoms with Crippen LogP contribution in [0, 0.1) is 0 Å². The molecule has 0 amide bonds. The number of aromatic nitrogens is 1. The Morgan fingerprint density at radius 3 is 2.20 bits per heavy atom. The number of nitrogens with two attached hydrogens (primary N) is 1. The van der Waals surface area contributed by atoms with Crippen LogP contribution in [0.4, 0.5) is 26.3 Å². The van der Waals surface area contributed by atoms with Gasteiger partial charge in [0.25, 0.3) is 0 Å². The van der Waals surface area contributed by atoms with Gasteiger partial charge in [0.05, 0.1) is 11.1 Å². The molecule has 10 heteroatoms. The van der Waals surface area contributed by atoms with E-state index in [1.807, 2.05) is 18.2 Å². The van der Waals surface area contributed by atoms with Crippen molar-refractivity contribution in [2.75, 3.05) is 0 Å². The smallest absolute Gasteiger partial charge is 0.416 e. The molecular formula is C20H16F6N2O2. The number of carbonyl (C=O) groups excluding carboxylic acids is 1. The van der Waals surface area contributed by atoms with Gasteiger partial charge >= 0.3 is 18.3 Å². The summed E-state index contributed by atoms with van der Waals surface area (Å²) in [6.07, 6.45) is -8.21. The number of H-pyrrole nitrogens is 1. The molecule has 0 saturated heterocycles. The summed E-state index contributed by atoms with van der Waals surface area (Å²) in [5, 5.41) is 0.841. The quantitative estimate of drug-likeness (QED) is 0.451.